The first-order chi connectivity index (χ1) is 10.5. The van der Waals surface area contributed by atoms with Crippen LogP contribution in [-0.4, -0.2) is 17.3 Å². The number of rotatable bonds is 4. The highest BCUT2D eigenvalue weighted by atomic mass is 16.5. The Balaban J connectivity index is 1.78. The van der Waals surface area contributed by atoms with E-state index in [2.05, 4.69) is 26.0 Å². The normalized spacial score (nSPS) is 21.2. The maximum atomic E-state index is 10.1. The molecule has 3 heteroatoms. The molecule has 0 heterocycles. The highest BCUT2D eigenvalue weighted by molar-refractivity contribution is 5.46. The standard InChI is InChI=1S/C19H23NO2/c1-19(2,17-5-3-4-6-18(17)21)13-7-9-15(10-8-13)22-16-11-14(20)12-16/h3-10,14,16,21H,11-12,20H2,1-2H3. The third kappa shape index (κ3) is 2.81. The second-order valence-corrected chi connectivity index (χ2v) is 6.64. The van der Waals surface area contributed by atoms with Crippen LogP contribution in [0.5, 0.6) is 11.5 Å². The molecule has 0 amide bonds. The summed E-state index contributed by atoms with van der Waals surface area (Å²) in [7, 11) is 0. The molecular formula is C19H23NO2. The second kappa shape index (κ2) is 5.65. The van der Waals surface area contributed by atoms with Crippen molar-refractivity contribution in [2.24, 2.45) is 5.73 Å². The fraction of sp³-hybridized carbons (Fsp3) is 0.368. The lowest BCUT2D eigenvalue weighted by Crippen LogP contribution is -2.43. The van der Waals surface area contributed by atoms with E-state index in [1.54, 1.807) is 6.07 Å². The van der Waals surface area contributed by atoms with Crippen LogP contribution in [0.15, 0.2) is 48.5 Å². The van der Waals surface area contributed by atoms with Crippen LogP contribution in [0.2, 0.25) is 0 Å². The Labute approximate surface area is 131 Å². The number of ether oxygens (including phenoxy) is 1. The topological polar surface area (TPSA) is 55.5 Å². The number of phenolic OH excluding ortho intramolecular Hbond substituents is 1. The minimum absolute atomic E-state index is 0.257. The van der Waals surface area contributed by atoms with Gasteiger partial charge >= 0.3 is 0 Å². The predicted octanol–water partition coefficient (Wildman–Crippen LogP) is 3.59. The van der Waals surface area contributed by atoms with Gasteiger partial charge in [-0.15, -0.1) is 0 Å². The van der Waals surface area contributed by atoms with Crippen molar-refractivity contribution in [3.8, 4) is 11.5 Å². The lowest BCUT2D eigenvalue weighted by Gasteiger charge is -2.33. The van der Waals surface area contributed by atoms with Crippen molar-refractivity contribution < 1.29 is 9.84 Å². The molecule has 0 spiro atoms. The minimum atomic E-state index is -0.261. The molecule has 0 unspecified atom stereocenters. The monoisotopic (exact) mass is 297 g/mol. The first-order valence-electron chi connectivity index (χ1n) is 7.78. The summed E-state index contributed by atoms with van der Waals surface area (Å²) in [6.07, 6.45) is 2.13. The van der Waals surface area contributed by atoms with E-state index in [0.29, 0.717) is 11.8 Å². The number of benzene rings is 2. The fourth-order valence-corrected chi connectivity index (χ4v) is 3.00. The van der Waals surface area contributed by atoms with E-state index in [1.807, 2.05) is 30.3 Å². The summed E-state index contributed by atoms with van der Waals surface area (Å²) in [5.41, 5.74) is 7.59. The largest absolute Gasteiger partial charge is 0.508 e. The number of hydrogen-bond donors (Lipinski definition) is 2. The number of para-hydroxylation sites is 1. The number of aromatic hydroxyl groups is 1. The molecule has 1 aliphatic carbocycles. The Morgan fingerprint density at radius 1 is 1.05 bits per heavy atom. The van der Waals surface area contributed by atoms with Gasteiger partial charge in [0.2, 0.25) is 0 Å². The molecule has 116 valence electrons. The van der Waals surface area contributed by atoms with E-state index < -0.39 is 0 Å². The second-order valence-electron chi connectivity index (χ2n) is 6.64. The molecule has 0 radical (unpaired) electrons. The molecule has 0 bridgehead atoms. The first kappa shape index (κ1) is 14.9. The molecule has 3 rings (SSSR count). The number of phenols is 1. The van der Waals surface area contributed by atoms with E-state index in [1.165, 1.54) is 0 Å². The molecule has 22 heavy (non-hydrogen) atoms. The van der Waals surface area contributed by atoms with Gasteiger partial charge in [0.05, 0.1) is 0 Å². The van der Waals surface area contributed by atoms with Crippen LogP contribution in [-0.2, 0) is 5.41 Å². The Hall–Kier alpha value is -2.00. The van der Waals surface area contributed by atoms with Crippen LogP contribution in [0.3, 0.4) is 0 Å². The zero-order valence-corrected chi connectivity index (χ0v) is 13.1. The molecule has 2 aromatic rings. The summed E-state index contributed by atoms with van der Waals surface area (Å²) in [4.78, 5) is 0. The van der Waals surface area contributed by atoms with E-state index in [4.69, 9.17) is 10.5 Å². The van der Waals surface area contributed by atoms with Crippen LogP contribution < -0.4 is 10.5 Å². The van der Waals surface area contributed by atoms with Gasteiger partial charge in [-0.1, -0.05) is 44.2 Å². The number of hydrogen-bond acceptors (Lipinski definition) is 3. The molecule has 0 saturated heterocycles. The molecule has 0 aromatic heterocycles. The SMILES string of the molecule is CC(C)(c1ccc(OC2CC(N)C2)cc1)c1ccccc1O. The van der Waals surface area contributed by atoms with E-state index in [0.717, 1.165) is 29.7 Å². The molecule has 1 aliphatic rings. The van der Waals surface area contributed by atoms with Gasteiger partial charge in [-0.3, -0.25) is 0 Å². The summed E-state index contributed by atoms with van der Waals surface area (Å²) in [5, 5.41) is 10.1. The predicted molar refractivity (Wildman–Crippen MR) is 88.3 cm³/mol. The Morgan fingerprint density at radius 3 is 2.27 bits per heavy atom. The van der Waals surface area contributed by atoms with Crippen molar-refractivity contribution in [2.45, 2.75) is 44.2 Å². The van der Waals surface area contributed by atoms with Crippen LogP contribution in [0, 0.1) is 0 Å². The summed E-state index contributed by atoms with van der Waals surface area (Å²) < 4.78 is 5.89. The van der Waals surface area contributed by atoms with Crippen LogP contribution in [0.1, 0.15) is 37.8 Å². The van der Waals surface area contributed by atoms with Crippen molar-refractivity contribution in [1.29, 1.82) is 0 Å². The highest BCUT2D eigenvalue weighted by Gasteiger charge is 2.28. The summed E-state index contributed by atoms with van der Waals surface area (Å²) >= 11 is 0. The van der Waals surface area contributed by atoms with Gasteiger partial charge in [0.15, 0.2) is 0 Å². The van der Waals surface area contributed by atoms with Gasteiger partial charge in [-0.2, -0.15) is 0 Å². The quantitative estimate of drug-likeness (QED) is 0.907. The number of nitrogens with two attached hydrogens (primary N) is 1. The van der Waals surface area contributed by atoms with Crippen molar-refractivity contribution >= 4 is 0 Å². The molecular weight excluding hydrogens is 274 g/mol. The molecule has 0 atom stereocenters. The zero-order valence-electron chi connectivity index (χ0n) is 13.1. The van der Waals surface area contributed by atoms with Crippen molar-refractivity contribution in [2.75, 3.05) is 0 Å². The van der Waals surface area contributed by atoms with Gasteiger partial charge in [-0.05, 0) is 36.6 Å². The Kier molecular flexibility index (Phi) is 3.83. The summed E-state index contributed by atoms with van der Waals surface area (Å²) in [6, 6.07) is 15.9. The third-order valence-corrected chi connectivity index (χ3v) is 4.59. The Bertz CT molecular complexity index is 643. The van der Waals surface area contributed by atoms with Crippen molar-refractivity contribution in [3.63, 3.8) is 0 Å². The maximum absolute atomic E-state index is 10.1. The van der Waals surface area contributed by atoms with Gasteiger partial charge in [0.1, 0.15) is 17.6 Å². The average molecular weight is 297 g/mol. The molecule has 2 aromatic carbocycles. The zero-order chi connectivity index (χ0) is 15.7. The Morgan fingerprint density at radius 2 is 1.68 bits per heavy atom. The van der Waals surface area contributed by atoms with Crippen LogP contribution >= 0.6 is 0 Å². The smallest absolute Gasteiger partial charge is 0.119 e. The van der Waals surface area contributed by atoms with E-state index >= 15 is 0 Å². The molecule has 0 aliphatic heterocycles. The lowest BCUT2D eigenvalue weighted by molar-refractivity contribution is 0.101. The summed E-state index contributed by atoms with van der Waals surface area (Å²) in [6.45, 7) is 4.23. The van der Waals surface area contributed by atoms with Crippen LogP contribution in [0.25, 0.3) is 0 Å². The summed E-state index contributed by atoms with van der Waals surface area (Å²) in [5.74, 6) is 1.21. The lowest BCUT2D eigenvalue weighted by atomic mass is 9.77. The van der Waals surface area contributed by atoms with Gasteiger partial charge < -0.3 is 15.6 Å². The molecule has 3 nitrogen and oxygen atoms in total. The fourth-order valence-electron chi connectivity index (χ4n) is 3.00. The third-order valence-electron chi connectivity index (χ3n) is 4.59. The van der Waals surface area contributed by atoms with Crippen LogP contribution in [0.4, 0.5) is 0 Å². The average Bonchev–Trinajstić information content (AvgIpc) is 2.46. The van der Waals surface area contributed by atoms with Crippen molar-refractivity contribution in [1.82, 2.24) is 0 Å². The molecule has 1 saturated carbocycles. The minimum Gasteiger partial charge on any atom is -0.508 e. The van der Waals surface area contributed by atoms with Gasteiger partial charge in [0, 0.05) is 17.0 Å². The van der Waals surface area contributed by atoms with Crippen molar-refractivity contribution in [3.05, 3.63) is 59.7 Å². The molecule has 1 fully saturated rings. The van der Waals surface area contributed by atoms with E-state index in [-0.39, 0.29) is 11.5 Å². The van der Waals surface area contributed by atoms with Gasteiger partial charge in [0.25, 0.3) is 0 Å². The molecule has 3 N–H and O–H groups in total. The maximum Gasteiger partial charge on any atom is 0.119 e. The highest BCUT2D eigenvalue weighted by Crippen LogP contribution is 2.37. The van der Waals surface area contributed by atoms with E-state index in [9.17, 15) is 5.11 Å². The van der Waals surface area contributed by atoms with Gasteiger partial charge in [-0.25, -0.2) is 0 Å². The first-order valence-corrected chi connectivity index (χ1v) is 7.78.